The molecule has 6 heteroatoms. The van der Waals surface area contributed by atoms with E-state index in [9.17, 15) is 10.1 Å². The number of hydrogen-bond acceptors (Lipinski definition) is 5. The van der Waals surface area contributed by atoms with Gasteiger partial charge in [-0.1, -0.05) is 0 Å². The van der Waals surface area contributed by atoms with E-state index in [1.807, 2.05) is 0 Å². The molecule has 0 spiro atoms. The number of nitro benzene ring substituents is 1. The number of hydrogen-bond donors (Lipinski definition) is 3. The normalized spacial score (nSPS) is 12.1. The largest absolute Gasteiger partial charge is 0.397 e. The number of nitro groups is 1. The van der Waals surface area contributed by atoms with E-state index in [4.69, 9.17) is 10.8 Å². The molecular formula is C10H15N3O3. The van der Waals surface area contributed by atoms with Gasteiger partial charge in [-0.15, -0.1) is 0 Å². The summed E-state index contributed by atoms with van der Waals surface area (Å²) in [6.45, 7) is 2.26. The second-order valence-corrected chi connectivity index (χ2v) is 3.59. The molecular weight excluding hydrogens is 210 g/mol. The molecule has 0 amide bonds. The van der Waals surface area contributed by atoms with E-state index >= 15 is 0 Å². The molecule has 0 fully saturated rings. The molecule has 0 aromatic heterocycles. The van der Waals surface area contributed by atoms with Crippen molar-refractivity contribution in [3.63, 3.8) is 0 Å². The lowest BCUT2D eigenvalue weighted by molar-refractivity contribution is -0.384. The van der Waals surface area contributed by atoms with Gasteiger partial charge in [0.1, 0.15) is 0 Å². The Morgan fingerprint density at radius 1 is 1.62 bits per heavy atom. The van der Waals surface area contributed by atoms with E-state index in [2.05, 4.69) is 5.32 Å². The molecule has 0 aliphatic rings. The zero-order valence-corrected chi connectivity index (χ0v) is 9.01. The van der Waals surface area contributed by atoms with Crippen LogP contribution in [0.25, 0.3) is 0 Å². The number of non-ortho nitro benzene ring substituents is 1. The van der Waals surface area contributed by atoms with Crippen LogP contribution in [0, 0.1) is 10.1 Å². The second-order valence-electron chi connectivity index (χ2n) is 3.59. The molecule has 0 heterocycles. The van der Waals surface area contributed by atoms with Crippen molar-refractivity contribution in [1.29, 1.82) is 0 Å². The number of nitrogens with two attached hydrogens (primary N) is 1. The lowest BCUT2D eigenvalue weighted by Gasteiger charge is -2.09. The molecule has 88 valence electrons. The highest BCUT2D eigenvalue weighted by Gasteiger charge is 2.08. The molecule has 0 radical (unpaired) electrons. The van der Waals surface area contributed by atoms with Crippen LogP contribution in [0.5, 0.6) is 0 Å². The highest BCUT2D eigenvalue weighted by atomic mass is 16.6. The Bertz CT molecular complexity index is 380. The van der Waals surface area contributed by atoms with Crippen LogP contribution in [0.2, 0.25) is 0 Å². The van der Waals surface area contributed by atoms with Gasteiger partial charge in [0, 0.05) is 18.7 Å². The lowest BCUT2D eigenvalue weighted by Crippen LogP contribution is -2.10. The molecule has 0 saturated heterocycles. The Morgan fingerprint density at radius 3 is 2.81 bits per heavy atom. The third kappa shape index (κ3) is 3.39. The van der Waals surface area contributed by atoms with Crippen molar-refractivity contribution in [2.75, 3.05) is 17.6 Å². The van der Waals surface area contributed by atoms with Crippen LogP contribution in [0.1, 0.15) is 13.3 Å². The SMILES string of the molecule is CC(O)CCNc1ccc([N+](=O)[O-])cc1N. The van der Waals surface area contributed by atoms with Gasteiger partial charge in [0.2, 0.25) is 0 Å². The number of benzene rings is 1. The Balaban J connectivity index is 2.64. The Morgan fingerprint density at radius 2 is 2.31 bits per heavy atom. The molecule has 1 rings (SSSR count). The quantitative estimate of drug-likeness (QED) is 0.399. The summed E-state index contributed by atoms with van der Waals surface area (Å²) in [6, 6.07) is 4.27. The zero-order valence-electron chi connectivity index (χ0n) is 9.01. The molecule has 6 nitrogen and oxygen atoms in total. The number of nitrogens with one attached hydrogen (secondary N) is 1. The molecule has 0 aliphatic carbocycles. The summed E-state index contributed by atoms with van der Waals surface area (Å²) in [7, 11) is 0. The minimum atomic E-state index is -0.490. The molecule has 0 aliphatic heterocycles. The second kappa shape index (κ2) is 5.32. The predicted octanol–water partition coefficient (Wildman–Crippen LogP) is 1.36. The van der Waals surface area contributed by atoms with Gasteiger partial charge >= 0.3 is 0 Å². The fraction of sp³-hybridized carbons (Fsp3) is 0.400. The molecule has 1 aromatic carbocycles. The van der Waals surface area contributed by atoms with Crippen LogP contribution in [0.15, 0.2) is 18.2 Å². The van der Waals surface area contributed by atoms with E-state index in [-0.39, 0.29) is 11.8 Å². The van der Waals surface area contributed by atoms with Crippen molar-refractivity contribution in [2.24, 2.45) is 0 Å². The fourth-order valence-electron chi connectivity index (χ4n) is 1.24. The van der Waals surface area contributed by atoms with Gasteiger partial charge in [0.05, 0.1) is 22.4 Å². The summed E-state index contributed by atoms with van der Waals surface area (Å²) < 4.78 is 0. The van der Waals surface area contributed by atoms with Crippen molar-refractivity contribution in [3.8, 4) is 0 Å². The number of aliphatic hydroxyl groups is 1. The summed E-state index contributed by atoms with van der Waals surface area (Å²) >= 11 is 0. The molecule has 16 heavy (non-hydrogen) atoms. The summed E-state index contributed by atoms with van der Waals surface area (Å²) in [6.07, 6.45) is 0.211. The van der Waals surface area contributed by atoms with Gasteiger partial charge in [-0.2, -0.15) is 0 Å². The summed E-state index contributed by atoms with van der Waals surface area (Å²) in [5.41, 5.74) is 6.60. The standard InChI is InChI=1S/C10H15N3O3/c1-7(14)4-5-12-10-3-2-8(13(15)16)6-9(10)11/h2-3,6-7,12,14H,4-5,11H2,1H3. The summed E-state index contributed by atoms with van der Waals surface area (Å²) in [5, 5.41) is 22.5. The third-order valence-electron chi connectivity index (χ3n) is 2.12. The maximum atomic E-state index is 10.5. The molecule has 4 N–H and O–H groups in total. The van der Waals surface area contributed by atoms with Crippen molar-refractivity contribution in [2.45, 2.75) is 19.4 Å². The van der Waals surface area contributed by atoms with Gasteiger partial charge in [-0.25, -0.2) is 0 Å². The third-order valence-corrected chi connectivity index (χ3v) is 2.12. The fourth-order valence-corrected chi connectivity index (χ4v) is 1.24. The predicted molar refractivity (Wildman–Crippen MR) is 62.3 cm³/mol. The van der Waals surface area contributed by atoms with Gasteiger partial charge in [-0.3, -0.25) is 10.1 Å². The maximum absolute atomic E-state index is 10.5. The number of anilines is 2. The van der Waals surface area contributed by atoms with Gasteiger partial charge < -0.3 is 16.2 Å². The average Bonchev–Trinajstić information content (AvgIpc) is 2.19. The molecule has 1 aromatic rings. The topological polar surface area (TPSA) is 101 Å². The number of nitrogen functional groups attached to an aromatic ring is 1. The zero-order chi connectivity index (χ0) is 12.1. The minimum Gasteiger partial charge on any atom is -0.397 e. The Hall–Kier alpha value is -1.82. The lowest BCUT2D eigenvalue weighted by atomic mass is 10.2. The van der Waals surface area contributed by atoms with Gasteiger partial charge in [0.25, 0.3) is 5.69 Å². The highest BCUT2D eigenvalue weighted by Crippen LogP contribution is 2.23. The van der Waals surface area contributed by atoms with Crippen LogP contribution in [-0.2, 0) is 0 Å². The van der Waals surface area contributed by atoms with E-state index < -0.39 is 4.92 Å². The van der Waals surface area contributed by atoms with Crippen molar-refractivity contribution < 1.29 is 10.0 Å². The van der Waals surface area contributed by atoms with E-state index in [0.717, 1.165) is 0 Å². The van der Waals surface area contributed by atoms with Crippen LogP contribution in [-0.4, -0.2) is 22.7 Å². The van der Waals surface area contributed by atoms with Crippen molar-refractivity contribution in [1.82, 2.24) is 0 Å². The molecule has 1 atom stereocenters. The number of rotatable bonds is 5. The van der Waals surface area contributed by atoms with Gasteiger partial charge in [0.15, 0.2) is 0 Å². The summed E-state index contributed by atoms with van der Waals surface area (Å²) in [4.78, 5) is 9.97. The first-order valence-corrected chi connectivity index (χ1v) is 4.96. The molecule has 0 bridgehead atoms. The van der Waals surface area contributed by atoms with Crippen molar-refractivity contribution >= 4 is 17.1 Å². The average molecular weight is 225 g/mol. The van der Waals surface area contributed by atoms with E-state index in [1.54, 1.807) is 13.0 Å². The first-order valence-electron chi connectivity index (χ1n) is 4.96. The maximum Gasteiger partial charge on any atom is 0.271 e. The first-order chi connectivity index (χ1) is 7.50. The van der Waals surface area contributed by atoms with Crippen LogP contribution in [0.4, 0.5) is 17.1 Å². The number of nitrogens with zero attached hydrogens (tertiary/aromatic N) is 1. The summed E-state index contributed by atoms with van der Waals surface area (Å²) in [5.74, 6) is 0. The van der Waals surface area contributed by atoms with Crippen LogP contribution in [0.3, 0.4) is 0 Å². The van der Waals surface area contributed by atoms with Crippen LogP contribution < -0.4 is 11.1 Å². The number of aliphatic hydroxyl groups excluding tert-OH is 1. The van der Waals surface area contributed by atoms with E-state index in [0.29, 0.717) is 24.3 Å². The monoisotopic (exact) mass is 225 g/mol. The smallest absolute Gasteiger partial charge is 0.271 e. The van der Waals surface area contributed by atoms with Crippen molar-refractivity contribution in [3.05, 3.63) is 28.3 Å². The highest BCUT2D eigenvalue weighted by molar-refractivity contribution is 5.69. The van der Waals surface area contributed by atoms with E-state index in [1.165, 1.54) is 12.1 Å². The Kier molecular flexibility index (Phi) is 4.07. The first kappa shape index (κ1) is 12.3. The molecule has 1 unspecified atom stereocenters. The minimum absolute atomic E-state index is 0.0291. The molecule has 0 saturated carbocycles. The Labute approximate surface area is 93.2 Å². The van der Waals surface area contributed by atoms with Crippen LogP contribution >= 0.6 is 0 Å². The van der Waals surface area contributed by atoms with Gasteiger partial charge in [-0.05, 0) is 19.4 Å².